The molecule has 0 aliphatic rings. The Morgan fingerprint density at radius 1 is 1.41 bits per heavy atom. The number of halogens is 1. The van der Waals surface area contributed by atoms with Crippen molar-refractivity contribution in [3.8, 4) is 0 Å². The molecule has 1 aromatic rings. The van der Waals surface area contributed by atoms with Crippen LogP contribution in [0.15, 0.2) is 18.2 Å². The van der Waals surface area contributed by atoms with Crippen molar-refractivity contribution in [1.29, 1.82) is 0 Å². The minimum absolute atomic E-state index is 0.0565. The van der Waals surface area contributed by atoms with Crippen LogP contribution in [0.4, 0.5) is 5.69 Å². The van der Waals surface area contributed by atoms with Crippen molar-refractivity contribution in [2.24, 2.45) is 5.41 Å². The lowest BCUT2D eigenvalue weighted by molar-refractivity contribution is -0.124. The SMILES string of the molecule is CCCC(C)(C)C(=O)Nc1ccc(Cl)c(C)c1. The first-order valence-corrected chi connectivity index (χ1v) is 6.32. The fourth-order valence-electron chi connectivity index (χ4n) is 1.76. The zero-order valence-electron chi connectivity index (χ0n) is 10.9. The van der Waals surface area contributed by atoms with Gasteiger partial charge in [-0.15, -0.1) is 0 Å². The fraction of sp³-hybridized carbons (Fsp3) is 0.500. The summed E-state index contributed by atoms with van der Waals surface area (Å²) in [6, 6.07) is 5.52. The number of amides is 1. The van der Waals surface area contributed by atoms with E-state index in [-0.39, 0.29) is 11.3 Å². The average molecular weight is 254 g/mol. The summed E-state index contributed by atoms with van der Waals surface area (Å²) in [6.07, 6.45) is 1.88. The Labute approximate surface area is 108 Å². The molecule has 0 fully saturated rings. The molecule has 1 aromatic carbocycles. The molecule has 94 valence electrons. The van der Waals surface area contributed by atoms with Crippen molar-refractivity contribution in [3.63, 3.8) is 0 Å². The van der Waals surface area contributed by atoms with Crippen molar-refractivity contribution in [2.75, 3.05) is 5.32 Å². The molecule has 0 aromatic heterocycles. The average Bonchev–Trinajstić information content (AvgIpc) is 2.23. The fourth-order valence-corrected chi connectivity index (χ4v) is 1.88. The maximum Gasteiger partial charge on any atom is 0.230 e. The van der Waals surface area contributed by atoms with Crippen LogP contribution in [0.3, 0.4) is 0 Å². The standard InChI is InChI=1S/C14H20ClNO/c1-5-8-14(3,4)13(17)16-11-6-7-12(15)10(2)9-11/h6-7,9H,5,8H2,1-4H3,(H,16,17). The lowest BCUT2D eigenvalue weighted by Gasteiger charge is -2.23. The Kier molecular flexibility index (Phi) is 4.58. The van der Waals surface area contributed by atoms with Crippen LogP contribution in [0, 0.1) is 12.3 Å². The van der Waals surface area contributed by atoms with E-state index in [0.29, 0.717) is 0 Å². The van der Waals surface area contributed by atoms with Crippen LogP contribution in [-0.2, 0) is 4.79 Å². The number of hydrogen-bond acceptors (Lipinski definition) is 1. The summed E-state index contributed by atoms with van der Waals surface area (Å²) in [5.74, 6) is 0.0565. The van der Waals surface area contributed by atoms with Gasteiger partial charge in [0.15, 0.2) is 0 Å². The molecule has 1 N–H and O–H groups in total. The number of carbonyl (C=O) groups is 1. The van der Waals surface area contributed by atoms with Crippen molar-refractivity contribution in [3.05, 3.63) is 28.8 Å². The summed E-state index contributed by atoms with van der Waals surface area (Å²) in [4.78, 5) is 12.1. The van der Waals surface area contributed by atoms with Gasteiger partial charge in [0, 0.05) is 16.1 Å². The van der Waals surface area contributed by atoms with Crippen LogP contribution in [-0.4, -0.2) is 5.91 Å². The maximum atomic E-state index is 12.1. The van der Waals surface area contributed by atoms with Gasteiger partial charge in [0.05, 0.1) is 0 Å². The molecule has 0 bridgehead atoms. The molecular formula is C14H20ClNO. The van der Waals surface area contributed by atoms with E-state index >= 15 is 0 Å². The van der Waals surface area contributed by atoms with E-state index < -0.39 is 0 Å². The second-order valence-electron chi connectivity index (χ2n) is 5.05. The highest BCUT2D eigenvalue weighted by Crippen LogP contribution is 2.25. The van der Waals surface area contributed by atoms with Crippen LogP contribution < -0.4 is 5.32 Å². The van der Waals surface area contributed by atoms with Gasteiger partial charge in [0.2, 0.25) is 5.91 Å². The third kappa shape index (κ3) is 3.74. The number of hydrogen-bond donors (Lipinski definition) is 1. The molecule has 1 amide bonds. The van der Waals surface area contributed by atoms with Gasteiger partial charge in [-0.05, 0) is 37.1 Å². The quantitative estimate of drug-likeness (QED) is 0.846. The molecule has 0 atom stereocenters. The zero-order valence-corrected chi connectivity index (χ0v) is 11.7. The van der Waals surface area contributed by atoms with E-state index in [1.807, 2.05) is 32.9 Å². The molecule has 0 heterocycles. The van der Waals surface area contributed by atoms with Crippen LogP contribution in [0.25, 0.3) is 0 Å². The molecule has 1 rings (SSSR count). The van der Waals surface area contributed by atoms with Gasteiger partial charge in [-0.3, -0.25) is 4.79 Å². The van der Waals surface area contributed by atoms with E-state index in [2.05, 4.69) is 12.2 Å². The minimum Gasteiger partial charge on any atom is -0.326 e. The number of carbonyl (C=O) groups excluding carboxylic acids is 1. The van der Waals surface area contributed by atoms with E-state index in [1.165, 1.54) is 0 Å². The predicted octanol–water partition coefficient (Wildman–Crippen LogP) is 4.41. The first-order chi connectivity index (χ1) is 7.86. The third-order valence-electron chi connectivity index (χ3n) is 2.91. The van der Waals surface area contributed by atoms with Crippen molar-refractivity contribution < 1.29 is 4.79 Å². The summed E-state index contributed by atoms with van der Waals surface area (Å²) in [7, 11) is 0. The molecule has 0 saturated heterocycles. The monoisotopic (exact) mass is 253 g/mol. The molecule has 3 heteroatoms. The molecular weight excluding hydrogens is 234 g/mol. The number of nitrogens with one attached hydrogen (secondary N) is 1. The van der Waals surface area contributed by atoms with E-state index in [9.17, 15) is 4.79 Å². The Morgan fingerprint density at radius 2 is 2.06 bits per heavy atom. The third-order valence-corrected chi connectivity index (χ3v) is 3.33. The molecule has 0 saturated carbocycles. The van der Waals surface area contributed by atoms with Gasteiger partial charge >= 0.3 is 0 Å². The van der Waals surface area contributed by atoms with Crippen molar-refractivity contribution >= 4 is 23.2 Å². The number of aryl methyl sites for hydroxylation is 1. The molecule has 0 aliphatic heterocycles. The second kappa shape index (κ2) is 5.54. The lowest BCUT2D eigenvalue weighted by atomic mass is 9.87. The molecule has 0 spiro atoms. The number of rotatable bonds is 4. The van der Waals surface area contributed by atoms with Crippen LogP contribution in [0.5, 0.6) is 0 Å². The van der Waals surface area contributed by atoms with Gasteiger partial charge in [-0.2, -0.15) is 0 Å². The van der Waals surface area contributed by atoms with E-state index in [0.717, 1.165) is 29.1 Å². The Balaban J connectivity index is 2.77. The van der Waals surface area contributed by atoms with Gasteiger partial charge in [-0.1, -0.05) is 38.8 Å². The summed E-state index contributed by atoms with van der Waals surface area (Å²) >= 11 is 5.94. The summed E-state index contributed by atoms with van der Waals surface area (Å²) in [5.41, 5.74) is 1.45. The van der Waals surface area contributed by atoms with Gasteiger partial charge in [0.1, 0.15) is 0 Å². The normalized spacial score (nSPS) is 11.4. The molecule has 0 aliphatic carbocycles. The summed E-state index contributed by atoms with van der Waals surface area (Å²) < 4.78 is 0. The van der Waals surface area contributed by atoms with Gasteiger partial charge in [-0.25, -0.2) is 0 Å². The highest BCUT2D eigenvalue weighted by atomic mass is 35.5. The Hall–Kier alpha value is -1.02. The van der Waals surface area contributed by atoms with Gasteiger partial charge < -0.3 is 5.32 Å². The number of anilines is 1. The second-order valence-corrected chi connectivity index (χ2v) is 5.46. The first-order valence-electron chi connectivity index (χ1n) is 5.94. The maximum absolute atomic E-state index is 12.1. The molecule has 0 unspecified atom stereocenters. The summed E-state index contributed by atoms with van der Waals surface area (Å²) in [5, 5.41) is 3.66. The number of benzene rings is 1. The highest BCUT2D eigenvalue weighted by Gasteiger charge is 2.26. The lowest BCUT2D eigenvalue weighted by Crippen LogP contribution is -2.30. The Bertz CT molecular complexity index is 413. The van der Waals surface area contributed by atoms with Crippen molar-refractivity contribution in [2.45, 2.75) is 40.5 Å². The zero-order chi connectivity index (χ0) is 13.1. The van der Waals surface area contributed by atoms with Crippen LogP contribution in [0.1, 0.15) is 39.2 Å². The minimum atomic E-state index is -0.331. The predicted molar refractivity (Wildman–Crippen MR) is 73.5 cm³/mol. The van der Waals surface area contributed by atoms with Crippen molar-refractivity contribution in [1.82, 2.24) is 0 Å². The van der Waals surface area contributed by atoms with Gasteiger partial charge in [0.25, 0.3) is 0 Å². The van der Waals surface area contributed by atoms with E-state index in [4.69, 9.17) is 11.6 Å². The topological polar surface area (TPSA) is 29.1 Å². The highest BCUT2D eigenvalue weighted by molar-refractivity contribution is 6.31. The smallest absolute Gasteiger partial charge is 0.230 e. The molecule has 0 radical (unpaired) electrons. The molecule has 17 heavy (non-hydrogen) atoms. The Morgan fingerprint density at radius 3 is 2.59 bits per heavy atom. The summed E-state index contributed by atoms with van der Waals surface area (Å²) in [6.45, 7) is 7.94. The van der Waals surface area contributed by atoms with Crippen LogP contribution in [0.2, 0.25) is 5.02 Å². The van der Waals surface area contributed by atoms with E-state index in [1.54, 1.807) is 6.07 Å². The first kappa shape index (κ1) is 14.0. The van der Waals surface area contributed by atoms with Crippen LogP contribution >= 0.6 is 11.6 Å². The molecule has 2 nitrogen and oxygen atoms in total. The largest absolute Gasteiger partial charge is 0.326 e.